The topological polar surface area (TPSA) is 71.1 Å². The Morgan fingerprint density at radius 3 is 2.57 bits per heavy atom. The molecular weight excluding hydrogens is 306 g/mol. The first-order chi connectivity index (χ1) is 10.1. The largest absolute Gasteiger partial charge is 0.326 e. The fourth-order valence-corrected chi connectivity index (χ4v) is 2.61. The zero-order valence-corrected chi connectivity index (χ0v) is 13.1. The Morgan fingerprint density at radius 1 is 1.24 bits per heavy atom. The molecule has 2 rings (SSSR count). The zero-order chi connectivity index (χ0) is 15.2. The van der Waals surface area contributed by atoms with Crippen LogP contribution in [0.15, 0.2) is 29.6 Å². The first kappa shape index (κ1) is 15.5. The SMILES string of the molecule is CC(=O)Nc1ccc(-c2csc(NC(=O)CCS)n2)cc1. The second-order valence-corrected chi connectivity index (χ2v) is 5.62. The number of thiazole rings is 1. The van der Waals surface area contributed by atoms with Gasteiger partial charge in [0.2, 0.25) is 11.8 Å². The van der Waals surface area contributed by atoms with E-state index < -0.39 is 0 Å². The minimum absolute atomic E-state index is 0.0908. The highest BCUT2D eigenvalue weighted by Crippen LogP contribution is 2.26. The summed E-state index contributed by atoms with van der Waals surface area (Å²) in [5, 5.41) is 7.89. The summed E-state index contributed by atoms with van der Waals surface area (Å²) in [6.45, 7) is 1.47. The minimum atomic E-state index is -0.106. The Balaban J connectivity index is 2.07. The van der Waals surface area contributed by atoms with Crippen LogP contribution in [0.4, 0.5) is 10.8 Å². The van der Waals surface area contributed by atoms with Crippen molar-refractivity contribution in [3.05, 3.63) is 29.6 Å². The third kappa shape index (κ3) is 4.57. The van der Waals surface area contributed by atoms with Gasteiger partial charge in [-0.25, -0.2) is 4.98 Å². The van der Waals surface area contributed by atoms with Gasteiger partial charge in [0.1, 0.15) is 0 Å². The van der Waals surface area contributed by atoms with Gasteiger partial charge in [-0.2, -0.15) is 12.6 Å². The fourth-order valence-electron chi connectivity index (χ4n) is 1.67. The van der Waals surface area contributed by atoms with Gasteiger partial charge in [0.05, 0.1) is 5.69 Å². The molecular formula is C14H15N3O2S2. The van der Waals surface area contributed by atoms with E-state index in [1.54, 1.807) is 0 Å². The lowest BCUT2D eigenvalue weighted by molar-refractivity contribution is -0.116. The number of rotatable bonds is 5. The number of amides is 2. The lowest BCUT2D eigenvalue weighted by Gasteiger charge is -2.02. The molecule has 0 fully saturated rings. The van der Waals surface area contributed by atoms with Crippen LogP contribution in [-0.4, -0.2) is 22.6 Å². The van der Waals surface area contributed by atoms with Crippen molar-refractivity contribution in [1.82, 2.24) is 4.98 Å². The number of carbonyl (C=O) groups excluding carboxylic acids is 2. The molecule has 0 aliphatic carbocycles. The highest BCUT2D eigenvalue weighted by molar-refractivity contribution is 7.80. The van der Waals surface area contributed by atoms with E-state index in [0.717, 1.165) is 16.9 Å². The monoisotopic (exact) mass is 321 g/mol. The molecule has 0 bridgehead atoms. The maximum Gasteiger partial charge on any atom is 0.226 e. The highest BCUT2D eigenvalue weighted by Gasteiger charge is 2.07. The number of anilines is 2. The molecule has 1 heterocycles. The van der Waals surface area contributed by atoms with Crippen LogP contribution < -0.4 is 10.6 Å². The van der Waals surface area contributed by atoms with E-state index in [-0.39, 0.29) is 11.8 Å². The van der Waals surface area contributed by atoms with Crippen molar-refractivity contribution in [2.75, 3.05) is 16.4 Å². The van der Waals surface area contributed by atoms with Gasteiger partial charge in [0, 0.05) is 30.0 Å². The summed E-state index contributed by atoms with van der Waals surface area (Å²) in [6, 6.07) is 7.38. The number of carbonyl (C=O) groups is 2. The summed E-state index contributed by atoms with van der Waals surface area (Å²) in [4.78, 5) is 26.8. The maximum absolute atomic E-state index is 11.5. The molecule has 1 aromatic carbocycles. The molecule has 110 valence electrons. The van der Waals surface area contributed by atoms with E-state index >= 15 is 0 Å². The van der Waals surface area contributed by atoms with Crippen LogP contribution in [0, 0.1) is 0 Å². The van der Waals surface area contributed by atoms with Crippen LogP contribution >= 0.6 is 24.0 Å². The second-order valence-electron chi connectivity index (χ2n) is 4.32. The molecule has 0 aliphatic heterocycles. The quantitative estimate of drug-likeness (QED) is 0.741. The second kappa shape index (κ2) is 7.24. The summed E-state index contributed by atoms with van der Waals surface area (Å²) in [6.07, 6.45) is 0.365. The average molecular weight is 321 g/mol. The third-order valence-electron chi connectivity index (χ3n) is 2.59. The molecule has 0 radical (unpaired) electrons. The molecule has 2 N–H and O–H groups in total. The van der Waals surface area contributed by atoms with Crippen molar-refractivity contribution in [3.63, 3.8) is 0 Å². The Morgan fingerprint density at radius 2 is 1.95 bits per heavy atom. The van der Waals surface area contributed by atoms with Gasteiger partial charge in [-0.05, 0) is 17.9 Å². The summed E-state index contributed by atoms with van der Waals surface area (Å²) in [5.74, 6) is 0.312. The van der Waals surface area contributed by atoms with E-state index in [0.29, 0.717) is 17.3 Å². The molecule has 0 aliphatic rings. The van der Waals surface area contributed by atoms with Crippen molar-refractivity contribution in [2.24, 2.45) is 0 Å². The zero-order valence-electron chi connectivity index (χ0n) is 11.4. The summed E-state index contributed by atoms with van der Waals surface area (Å²) >= 11 is 5.39. The smallest absolute Gasteiger partial charge is 0.226 e. The summed E-state index contributed by atoms with van der Waals surface area (Å²) in [5.41, 5.74) is 2.45. The molecule has 7 heteroatoms. The van der Waals surface area contributed by atoms with Gasteiger partial charge in [-0.1, -0.05) is 12.1 Å². The first-order valence-corrected chi connectivity index (χ1v) is 7.84. The van der Waals surface area contributed by atoms with Crippen LogP contribution in [0.25, 0.3) is 11.3 Å². The van der Waals surface area contributed by atoms with E-state index in [2.05, 4.69) is 28.2 Å². The molecule has 1 aromatic heterocycles. The molecule has 0 atom stereocenters. The van der Waals surface area contributed by atoms with Crippen LogP contribution in [0.1, 0.15) is 13.3 Å². The maximum atomic E-state index is 11.5. The van der Waals surface area contributed by atoms with Gasteiger partial charge >= 0.3 is 0 Å². The lowest BCUT2D eigenvalue weighted by Crippen LogP contribution is -2.11. The lowest BCUT2D eigenvalue weighted by atomic mass is 10.1. The van der Waals surface area contributed by atoms with Gasteiger partial charge in [0.25, 0.3) is 0 Å². The Labute approximate surface area is 132 Å². The molecule has 21 heavy (non-hydrogen) atoms. The number of hydrogen-bond donors (Lipinski definition) is 3. The molecule has 5 nitrogen and oxygen atoms in total. The predicted octanol–water partition coefficient (Wildman–Crippen LogP) is 3.03. The Hall–Kier alpha value is -1.86. The van der Waals surface area contributed by atoms with Crippen LogP contribution in [0.5, 0.6) is 0 Å². The molecule has 2 amide bonds. The third-order valence-corrected chi connectivity index (χ3v) is 3.57. The van der Waals surface area contributed by atoms with Gasteiger partial charge < -0.3 is 10.6 Å². The number of benzene rings is 1. The van der Waals surface area contributed by atoms with E-state index in [1.807, 2.05) is 29.6 Å². The van der Waals surface area contributed by atoms with E-state index in [9.17, 15) is 9.59 Å². The number of nitrogens with one attached hydrogen (secondary N) is 2. The molecule has 0 saturated carbocycles. The molecule has 0 unspecified atom stereocenters. The summed E-state index contributed by atoms with van der Waals surface area (Å²) in [7, 11) is 0. The van der Waals surface area contributed by atoms with Crippen molar-refractivity contribution < 1.29 is 9.59 Å². The number of hydrogen-bond acceptors (Lipinski definition) is 5. The van der Waals surface area contributed by atoms with E-state index in [4.69, 9.17) is 0 Å². The Kier molecular flexibility index (Phi) is 5.35. The summed E-state index contributed by atoms with van der Waals surface area (Å²) < 4.78 is 0. The highest BCUT2D eigenvalue weighted by atomic mass is 32.1. The van der Waals surface area contributed by atoms with E-state index in [1.165, 1.54) is 18.3 Å². The first-order valence-electron chi connectivity index (χ1n) is 6.33. The normalized spacial score (nSPS) is 10.2. The van der Waals surface area contributed by atoms with Gasteiger partial charge in [0.15, 0.2) is 5.13 Å². The number of aromatic nitrogens is 1. The van der Waals surface area contributed by atoms with Gasteiger partial charge in [-0.3, -0.25) is 9.59 Å². The standard InChI is InChI=1S/C14H15N3O2S2/c1-9(18)15-11-4-2-10(3-5-11)12-8-21-14(16-12)17-13(19)6-7-20/h2-5,8,20H,6-7H2,1H3,(H,15,18)(H,16,17,19). The van der Waals surface area contributed by atoms with Crippen molar-refractivity contribution in [3.8, 4) is 11.3 Å². The van der Waals surface area contributed by atoms with Crippen molar-refractivity contribution >= 4 is 46.6 Å². The van der Waals surface area contributed by atoms with Crippen LogP contribution in [0.2, 0.25) is 0 Å². The fraction of sp³-hybridized carbons (Fsp3) is 0.214. The molecule has 2 aromatic rings. The van der Waals surface area contributed by atoms with Crippen molar-refractivity contribution in [1.29, 1.82) is 0 Å². The molecule has 0 saturated heterocycles. The van der Waals surface area contributed by atoms with Crippen molar-refractivity contribution in [2.45, 2.75) is 13.3 Å². The predicted molar refractivity (Wildman–Crippen MR) is 89.0 cm³/mol. The number of nitrogens with zero attached hydrogens (tertiary/aromatic N) is 1. The van der Waals surface area contributed by atoms with Crippen LogP contribution in [-0.2, 0) is 9.59 Å². The minimum Gasteiger partial charge on any atom is -0.326 e. The Bertz CT molecular complexity index is 638. The van der Waals surface area contributed by atoms with Crippen LogP contribution in [0.3, 0.4) is 0 Å². The molecule has 0 spiro atoms. The number of thiol groups is 1. The van der Waals surface area contributed by atoms with Gasteiger partial charge in [-0.15, -0.1) is 11.3 Å². The average Bonchev–Trinajstić information content (AvgIpc) is 2.87.